The number of aromatic nitrogens is 3. The third-order valence-corrected chi connectivity index (χ3v) is 7.51. The van der Waals surface area contributed by atoms with Gasteiger partial charge < -0.3 is 27.0 Å². The number of carbonyl (C=O) groups is 1. The van der Waals surface area contributed by atoms with Crippen LogP contribution in [0, 0.1) is 0 Å². The molecular weight excluding hydrogens is 464 g/mol. The first kappa shape index (κ1) is 25.0. The van der Waals surface area contributed by atoms with E-state index in [1.54, 1.807) is 18.5 Å². The number of piperidine rings is 1. The summed E-state index contributed by atoms with van der Waals surface area (Å²) in [6, 6.07) is 12.0. The molecule has 1 saturated heterocycles. The highest BCUT2D eigenvalue weighted by Crippen LogP contribution is 2.30. The van der Waals surface area contributed by atoms with Crippen molar-refractivity contribution in [1.82, 2.24) is 20.3 Å². The minimum absolute atomic E-state index is 0.0462. The summed E-state index contributed by atoms with van der Waals surface area (Å²) < 4.78 is 0. The number of nitrogen functional groups attached to an aromatic ring is 1. The highest BCUT2D eigenvalue weighted by Gasteiger charge is 2.36. The van der Waals surface area contributed by atoms with Crippen LogP contribution in [-0.2, 0) is 0 Å². The lowest BCUT2D eigenvalue weighted by molar-refractivity contribution is 0.100. The third kappa shape index (κ3) is 5.99. The largest absolute Gasteiger partial charge is 0.396 e. The van der Waals surface area contributed by atoms with E-state index in [1.807, 2.05) is 36.5 Å². The highest BCUT2D eigenvalue weighted by molar-refractivity contribution is 5.94. The average Bonchev–Trinajstić information content (AvgIpc) is 2.90. The molecule has 2 aliphatic rings. The maximum absolute atomic E-state index is 11.6. The van der Waals surface area contributed by atoms with E-state index in [0.717, 1.165) is 61.7 Å². The predicted octanol–water partition coefficient (Wildman–Crippen LogP) is 3.59. The summed E-state index contributed by atoms with van der Waals surface area (Å²) in [5.74, 6) is 1.15. The maximum atomic E-state index is 11.6. The topological polar surface area (TPSA) is 135 Å². The normalized spacial score (nSPS) is 24.0. The first-order chi connectivity index (χ1) is 17.9. The lowest BCUT2D eigenvalue weighted by atomic mass is 9.85. The van der Waals surface area contributed by atoms with Gasteiger partial charge in [-0.3, -0.25) is 4.79 Å². The van der Waals surface area contributed by atoms with Crippen LogP contribution in [0.5, 0.6) is 0 Å². The second-order valence-electron chi connectivity index (χ2n) is 10.6. The van der Waals surface area contributed by atoms with Crippen LogP contribution in [0.15, 0.2) is 55.0 Å². The SMILES string of the molecule is C[C@]1(N[C@@H]2CCCC[C@H]2Nc2cc(-c3cccc(C(N)=O)c3)ccn2)CCCN(c2ncc(N)cn2)C1. The zero-order valence-electron chi connectivity index (χ0n) is 21.4. The van der Waals surface area contributed by atoms with Gasteiger partial charge in [0, 0.05) is 42.5 Å². The predicted molar refractivity (Wildman–Crippen MR) is 147 cm³/mol. The standard InChI is InChI=1S/C28H36N8O/c1-28(11-5-13-36(18-28)27-32-16-22(29)17-33-27)35-24-9-3-2-8-23(24)34-25-15-20(10-12-31-25)19-6-4-7-21(14-19)26(30)37/h4,6-7,10,12,14-17,23-24,35H,2-3,5,8-9,11,13,18,29H2,1H3,(H2,30,37)(H,31,34)/t23-,24-,28+/m1/s1. The second-order valence-corrected chi connectivity index (χ2v) is 10.6. The van der Waals surface area contributed by atoms with Crippen molar-refractivity contribution < 1.29 is 4.79 Å². The maximum Gasteiger partial charge on any atom is 0.248 e. The molecule has 9 heteroatoms. The summed E-state index contributed by atoms with van der Waals surface area (Å²) in [5, 5.41) is 7.74. The minimum atomic E-state index is -0.428. The van der Waals surface area contributed by atoms with Gasteiger partial charge in [0.2, 0.25) is 11.9 Å². The monoisotopic (exact) mass is 500 g/mol. The van der Waals surface area contributed by atoms with Crippen molar-refractivity contribution in [3.05, 3.63) is 60.6 Å². The van der Waals surface area contributed by atoms with Gasteiger partial charge in [-0.05, 0) is 68.0 Å². The molecule has 37 heavy (non-hydrogen) atoms. The van der Waals surface area contributed by atoms with E-state index in [0.29, 0.717) is 17.3 Å². The smallest absolute Gasteiger partial charge is 0.248 e. The van der Waals surface area contributed by atoms with Crippen molar-refractivity contribution >= 4 is 23.4 Å². The van der Waals surface area contributed by atoms with Crippen molar-refractivity contribution in [3.8, 4) is 11.1 Å². The summed E-state index contributed by atoms with van der Waals surface area (Å²) in [5.41, 5.74) is 14.2. The molecule has 1 aliphatic heterocycles. The van der Waals surface area contributed by atoms with Gasteiger partial charge in [-0.25, -0.2) is 15.0 Å². The molecule has 3 aromatic rings. The Hall–Kier alpha value is -3.72. The molecule has 5 rings (SSSR count). The van der Waals surface area contributed by atoms with Crippen molar-refractivity contribution in [2.75, 3.05) is 29.0 Å². The van der Waals surface area contributed by atoms with E-state index in [-0.39, 0.29) is 11.6 Å². The fourth-order valence-corrected chi connectivity index (χ4v) is 5.68. The lowest BCUT2D eigenvalue weighted by Gasteiger charge is -2.46. The molecule has 3 heterocycles. The molecule has 194 valence electrons. The van der Waals surface area contributed by atoms with Gasteiger partial charge in [0.25, 0.3) is 0 Å². The Balaban J connectivity index is 1.29. The van der Waals surface area contributed by atoms with Crippen molar-refractivity contribution in [2.24, 2.45) is 5.73 Å². The van der Waals surface area contributed by atoms with Gasteiger partial charge in [-0.2, -0.15) is 0 Å². The molecule has 1 aromatic carbocycles. The third-order valence-electron chi connectivity index (χ3n) is 7.51. The number of anilines is 3. The van der Waals surface area contributed by atoms with Crippen molar-refractivity contribution in [2.45, 2.75) is 63.1 Å². The number of hydrogen-bond acceptors (Lipinski definition) is 8. The molecule has 3 atom stereocenters. The molecule has 0 radical (unpaired) electrons. The first-order valence-corrected chi connectivity index (χ1v) is 13.1. The van der Waals surface area contributed by atoms with Crippen LogP contribution in [0.1, 0.15) is 55.8 Å². The van der Waals surface area contributed by atoms with Crippen LogP contribution < -0.4 is 27.0 Å². The Morgan fingerprint density at radius 3 is 2.57 bits per heavy atom. The van der Waals surface area contributed by atoms with Crippen molar-refractivity contribution in [1.29, 1.82) is 0 Å². The minimum Gasteiger partial charge on any atom is -0.396 e. The fraction of sp³-hybridized carbons (Fsp3) is 0.429. The van der Waals surface area contributed by atoms with Gasteiger partial charge >= 0.3 is 0 Å². The van der Waals surface area contributed by atoms with Crippen LogP contribution in [0.4, 0.5) is 17.5 Å². The number of nitrogens with one attached hydrogen (secondary N) is 2. The Bertz CT molecular complexity index is 1230. The number of amides is 1. The van der Waals surface area contributed by atoms with Gasteiger partial charge in [0.05, 0.1) is 18.1 Å². The molecular formula is C28H36N8O. The number of benzene rings is 1. The van der Waals surface area contributed by atoms with Crippen LogP contribution in [-0.4, -0.2) is 51.6 Å². The summed E-state index contributed by atoms with van der Waals surface area (Å²) in [7, 11) is 0. The summed E-state index contributed by atoms with van der Waals surface area (Å²) >= 11 is 0. The molecule has 1 saturated carbocycles. The number of hydrogen-bond donors (Lipinski definition) is 4. The second kappa shape index (κ2) is 10.7. The zero-order chi connectivity index (χ0) is 25.8. The lowest BCUT2D eigenvalue weighted by Crippen LogP contribution is -2.61. The Labute approximate surface area is 218 Å². The van der Waals surface area contributed by atoms with Crippen LogP contribution in [0.3, 0.4) is 0 Å². The van der Waals surface area contributed by atoms with Gasteiger partial charge in [0.1, 0.15) is 5.82 Å². The molecule has 6 N–H and O–H groups in total. The van der Waals surface area contributed by atoms with E-state index < -0.39 is 5.91 Å². The number of rotatable bonds is 7. The van der Waals surface area contributed by atoms with E-state index >= 15 is 0 Å². The number of primary amides is 1. The van der Waals surface area contributed by atoms with Gasteiger partial charge in [0.15, 0.2) is 0 Å². The Morgan fingerprint density at radius 1 is 1.03 bits per heavy atom. The summed E-state index contributed by atoms with van der Waals surface area (Å²) in [6.45, 7) is 4.11. The zero-order valence-corrected chi connectivity index (χ0v) is 21.4. The molecule has 9 nitrogen and oxygen atoms in total. The number of carbonyl (C=O) groups excluding carboxylic acids is 1. The van der Waals surface area contributed by atoms with Gasteiger partial charge in [-0.1, -0.05) is 25.0 Å². The molecule has 1 aliphatic carbocycles. The van der Waals surface area contributed by atoms with E-state index in [9.17, 15) is 4.79 Å². The summed E-state index contributed by atoms with van der Waals surface area (Å²) in [4.78, 5) is 27.4. The van der Waals surface area contributed by atoms with Crippen molar-refractivity contribution in [3.63, 3.8) is 0 Å². The molecule has 1 amide bonds. The quantitative estimate of drug-likeness (QED) is 0.387. The van der Waals surface area contributed by atoms with Gasteiger partial charge in [-0.15, -0.1) is 0 Å². The van der Waals surface area contributed by atoms with E-state index in [1.165, 1.54) is 12.8 Å². The van der Waals surface area contributed by atoms with E-state index in [2.05, 4.69) is 37.4 Å². The first-order valence-electron chi connectivity index (χ1n) is 13.1. The van der Waals surface area contributed by atoms with Crippen LogP contribution in [0.25, 0.3) is 11.1 Å². The summed E-state index contributed by atoms with van der Waals surface area (Å²) in [6.07, 6.45) is 12.0. The fourth-order valence-electron chi connectivity index (χ4n) is 5.68. The number of nitrogens with two attached hydrogens (primary N) is 2. The highest BCUT2D eigenvalue weighted by atomic mass is 16.1. The van der Waals surface area contributed by atoms with Crippen LogP contribution in [0.2, 0.25) is 0 Å². The molecule has 0 spiro atoms. The average molecular weight is 501 g/mol. The molecule has 0 unspecified atom stereocenters. The molecule has 2 aromatic heterocycles. The number of pyridine rings is 1. The van der Waals surface area contributed by atoms with E-state index in [4.69, 9.17) is 11.5 Å². The Kier molecular flexibility index (Phi) is 7.23. The molecule has 2 fully saturated rings. The number of nitrogens with zero attached hydrogens (tertiary/aromatic N) is 4. The van der Waals surface area contributed by atoms with Crippen LogP contribution >= 0.6 is 0 Å². The molecule has 0 bridgehead atoms. The Morgan fingerprint density at radius 2 is 1.78 bits per heavy atom.